The van der Waals surface area contributed by atoms with Crippen molar-refractivity contribution in [3.63, 3.8) is 0 Å². The fourth-order valence-corrected chi connectivity index (χ4v) is 2.51. The van der Waals surface area contributed by atoms with Gasteiger partial charge in [-0.1, -0.05) is 6.07 Å². The third-order valence-corrected chi connectivity index (χ3v) is 4.11. The first-order valence-corrected chi connectivity index (χ1v) is 8.05. The lowest BCUT2D eigenvalue weighted by Gasteiger charge is -2.17. The second-order valence-corrected chi connectivity index (χ2v) is 6.54. The third-order valence-electron chi connectivity index (χ3n) is 3.18. The molecule has 0 aliphatic heterocycles. The van der Waals surface area contributed by atoms with Crippen molar-refractivity contribution >= 4 is 15.9 Å². The molecule has 2 aromatic rings. The van der Waals surface area contributed by atoms with Gasteiger partial charge in [-0.3, -0.25) is 4.79 Å². The molecule has 2 N–H and O–H groups in total. The SMILES string of the molecule is CN(Cc1ccc(F)c(F)c1)C(=O)c1ccc(S(N)(=O)=O)cc1. The highest BCUT2D eigenvalue weighted by Gasteiger charge is 2.15. The number of benzene rings is 2. The standard InChI is InChI=1S/C15H14F2N2O3S/c1-19(9-10-2-7-13(16)14(17)8-10)15(20)11-3-5-12(6-4-11)23(18,21)22/h2-8H,9H2,1H3,(H2,18,21,22). The first-order chi connectivity index (χ1) is 10.7. The lowest BCUT2D eigenvalue weighted by atomic mass is 10.1. The minimum atomic E-state index is -3.83. The van der Waals surface area contributed by atoms with E-state index >= 15 is 0 Å². The predicted octanol–water partition coefficient (Wildman–Crippen LogP) is 1.88. The van der Waals surface area contributed by atoms with E-state index < -0.39 is 27.6 Å². The Bertz CT molecular complexity index is 836. The summed E-state index contributed by atoms with van der Waals surface area (Å²) in [5.74, 6) is -2.34. The molecule has 0 aliphatic carbocycles. The average molecular weight is 340 g/mol. The second-order valence-electron chi connectivity index (χ2n) is 4.98. The minimum absolute atomic E-state index is 0.0764. The summed E-state index contributed by atoms with van der Waals surface area (Å²) in [5, 5.41) is 4.98. The average Bonchev–Trinajstić information content (AvgIpc) is 2.49. The highest BCUT2D eigenvalue weighted by molar-refractivity contribution is 7.89. The van der Waals surface area contributed by atoms with Crippen LogP contribution in [0.2, 0.25) is 0 Å². The second kappa shape index (κ2) is 6.43. The molecule has 0 saturated heterocycles. The van der Waals surface area contributed by atoms with Gasteiger partial charge in [0, 0.05) is 19.2 Å². The molecule has 0 fully saturated rings. The van der Waals surface area contributed by atoms with Crippen molar-refractivity contribution in [2.24, 2.45) is 5.14 Å². The van der Waals surface area contributed by atoms with Gasteiger partial charge in [-0.05, 0) is 42.0 Å². The molecular weight excluding hydrogens is 326 g/mol. The fourth-order valence-electron chi connectivity index (χ4n) is 1.99. The van der Waals surface area contributed by atoms with Gasteiger partial charge in [-0.2, -0.15) is 0 Å². The van der Waals surface area contributed by atoms with Crippen molar-refractivity contribution in [2.45, 2.75) is 11.4 Å². The van der Waals surface area contributed by atoms with Gasteiger partial charge in [0.1, 0.15) is 0 Å². The molecule has 0 radical (unpaired) electrons. The van der Waals surface area contributed by atoms with Crippen LogP contribution in [0.15, 0.2) is 47.4 Å². The Morgan fingerprint density at radius 1 is 1.09 bits per heavy atom. The molecule has 0 atom stereocenters. The number of hydrogen-bond acceptors (Lipinski definition) is 3. The van der Waals surface area contributed by atoms with Gasteiger partial charge in [0.05, 0.1) is 4.90 Å². The Morgan fingerprint density at radius 3 is 2.22 bits per heavy atom. The number of hydrogen-bond donors (Lipinski definition) is 1. The molecule has 0 aromatic heterocycles. The normalized spacial score (nSPS) is 11.3. The Kier molecular flexibility index (Phi) is 4.76. The number of sulfonamides is 1. The number of carbonyl (C=O) groups excluding carboxylic acids is 1. The lowest BCUT2D eigenvalue weighted by molar-refractivity contribution is 0.0785. The maximum Gasteiger partial charge on any atom is 0.253 e. The Labute approximate surface area is 132 Å². The van der Waals surface area contributed by atoms with Crippen LogP contribution in [0.5, 0.6) is 0 Å². The van der Waals surface area contributed by atoms with Crippen LogP contribution in [0.4, 0.5) is 8.78 Å². The smallest absolute Gasteiger partial charge is 0.253 e. The topological polar surface area (TPSA) is 80.5 Å². The van der Waals surface area contributed by atoms with Crippen LogP contribution < -0.4 is 5.14 Å². The monoisotopic (exact) mass is 340 g/mol. The summed E-state index contributed by atoms with van der Waals surface area (Å²) < 4.78 is 48.4. The molecule has 0 unspecified atom stereocenters. The molecule has 0 spiro atoms. The zero-order valence-electron chi connectivity index (χ0n) is 12.2. The van der Waals surface area contributed by atoms with Gasteiger partial charge < -0.3 is 4.90 Å². The van der Waals surface area contributed by atoms with E-state index in [1.807, 2.05) is 0 Å². The molecular formula is C15H14F2N2O3S. The summed E-state index contributed by atoms with van der Waals surface area (Å²) in [6, 6.07) is 8.52. The molecule has 0 aliphatic rings. The summed E-state index contributed by atoms with van der Waals surface area (Å²) in [4.78, 5) is 13.4. The van der Waals surface area contributed by atoms with E-state index in [2.05, 4.69) is 0 Å². The van der Waals surface area contributed by atoms with E-state index in [-0.39, 0.29) is 17.0 Å². The molecule has 0 heterocycles. The number of rotatable bonds is 4. The van der Waals surface area contributed by atoms with E-state index in [1.165, 1.54) is 42.3 Å². The van der Waals surface area contributed by atoms with Gasteiger partial charge in [0.25, 0.3) is 5.91 Å². The van der Waals surface area contributed by atoms with E-state index in [0.717, 1.165) is 12.1 Å². The van der Waals surface area contributed by atoms with Gasteiger partial charge in [-0.25, -0.2) is 22.3 Å². The van der Waals surface area contributed by atoms with Crippen LogP contribution in [0.1, 0.15) is 15.9 Å². The lowest BCUT2D eigenvalue weighted by Crippen LogP contribution is -2.26. The quantitative estimate of drug-likeness (QED) is 0.923. The van der Waals surface area contributed by atoms with E-state index in [1.54, 1.807) is 0 Å². The summed E-state index contributed by atoms with van der Waals surface area (Å²) in [7, 11) is -2.33. The predicted molar refractivity (Wildman–Crippen MR) is 80.0 cm³/mol. The highest BCUT2D eigenvalue weighted by atomic mass is 32.2. The van der Waals surface area contributed by atoms with Crippen molar-refractivity contribution in [3.8, 4) is 0 Å². The molecule has 122 valence electrons. The fraction of sp³-hybridized carbons (Fsp3) is 0.133. The third kappa shape index (κ3) is 4.11. The van der Waals surface area contributed by atoms with Crippen molar-refractivity contribution in [1.82, 2.24) is 4.90 Å². The summed E-state index contributed by atoms with van der Waals surface area (Å²) in [5.41, 5.74) is 0.684. The Morgan fingerprint density at radius 2 is 1.70 bits per heavy atom. The number of halogens is 2. The first kappa shape index (κ1) is 17.0. The number of carbonyl (C=O) groups is 1. The molecule has 5 nitrogen and oxygen atoms in total. The van der Waals surface area contributed by atoms with Gasteiger partial charge in [0.15, 0.2) is 11.6 Å². The number of nitrogens with zero attached hydrogens (tertiary/aromatic N) is 1. The zero-order valence-corrected chi connectivity index (χ0v) is 13.0. The van der Waals surface area contributed by atoms with E-state index in [9.17, 15) is 22.0 Å². The van der Waals surface area contributed by atoms with E-state index in [4.69, 9.17) is 5.14 Å². The van der Waals surface area contributed by atoms with Crippen molar-refractivity contribution < 1.29 is 22.0 Å². The summed E-state index contributed by atoms with van der Waals surface area (Å²) >= 11 is 0. The number of primary sulfonamides is 1. The van der Waals surface area contributed by atoms with Crippen LogP contribution in [-0.2, 0) is 16.6 Å². The van der Waals surface area contributed by atoms with Crippen molar-refractivity contribution in [2.75, 3.05) is 7.05 Å². The maximum absolute atomic E-state index is 13.2. The van der Waals surface area contributed by atoms with Gasteiger partial charge in [0.2, 0.25) is 10.0 Å². The number of nitrogens with two attached hydrogens (primary N) is 1. The largest absolute Gasteiger partial charge is 0.337 e. The van der Waals surface area contributed by atoms with Crippen molar-refractivity contribution in [3.05, 3.63) is 65.2 Å². The molecule has 1 amide bonds. The van der Waals surface area contributed by atoms with Crippen molar-refractivity contribution in [1.29, 1.82) is 0 Å². The van der Waals surface area contributed by atoms with Crippen LogP contribution in [0.3, 0.4) is 0 Å². The highest BCUT2D eigenvalue weighted by Crippen LogP contribution is 2.14. The minimum Gasteiger partial charge on any atom is -0.337 e. The van der Waals surface area contributed by atoms with Crippen LogP contribution >= 0.6 is 0 Å². The number of amides is 1. The maximum atomic E-state index is 13.2. The molecule has 0 saturated carbocycles. The molecule has 2 aromatic carbocycles. The Hall–Kier alpha value is -2.32. The van der Waals surface area contributed by atoms with Crippen LogP contribution in [-0.4, -0.2) is 26.3 Å². The molecule has 23 heavy (non-hydrogen) atoms. The summed E-state index contributed by atoms with van der Waals surface area (Å²) in [6.45, 7) is 0.0764. The van der Waals surface area contributed by atoms with Crippen LogP contribution in [0, 0.1) is 11.6 Å². The van der Waals surface area contributed by atoms with E-state index in [0.29, 0.717) is 5.56 Å². The van der Waals surface area contributed by atoms with Gasteiger partial charge in [-0.15, -0.1) is 0 Å². The zero-order chi connectivity index (χ0) is 17.2. The first-order valence-electron chi connectivity index (χ1n) is 6.51. The molecule has 0 bridgehead atoms. The molecule has 8 heteroatoms. The van der Waals surface area contributed by atoms with Crippen LogP contribution in [0.25, 0.3) is 0 Å². The molecule has 2 rings (SSSR count). The van der Waals surface area contributed by atoms with Gasteiger partial charge >= 0.3 is 0 Å². The Balaban J connectivity index is 2.14. The summed E-state index contributed by atoms with van der Waals surface area (Å²) in [6.07, 6.45) is 0.